The molecule has 1 amide bonds. The third-order valence-electron chi connectivity index (χ3n) is 4.95. The fraction of sp³-hybridized carbons (Fsp3) is 0.474. The van der Waals surface area contributed by atoms with Crippen molar-refractivity contribution in [3.63, 3.8) is 0 Å². The van der Waals surface area contributed by atoms with Crippen molar-refractivity contribution < 1.29 is 4.79 Å². The van der Waals surface area contributed by atoms with Crippen LogP contribution < -0.4 is 0 Å². The van der Waals surface area contributed by atoms with Gasteiger partial charge in [-0.15, -0.1) is 21.5 Å². The highest BCUT2D eigenvalue weighted by atomic mass is 32.1. The van der Waals surface area contributed by atoms with Crippen LogP contribution in [0.5, 0.6) is 0 Å². The van der Waals surface area contributed by atoms with Crippen LogP contribution in [-0.4, -0.2) is 43.5 Å². The van der Waals surface area contributed by atoms with Crippen molar-refractivity contribution in [3.05, 3.63) is 46.3 Å². The second-order valence-electron chi connectivity index (χ2n) is 7.15. The van der Waals surface area contributed by atoms with Gasteiger partial charge >= 0.3 is 0 Å². The summed E-state index contributed by atoms with van der Waals surface area (Å²) in [5, 5.41) is 11.7. The van der Waals surface area contributed by atoms with Gasteiger partial charge in [0.2, 0.25) is 5.91 Å². The molecule has 7 heteroatoms. The van der Waals surface area contributed by atoms with Crippen molar-refractivity contribution in [2.24, 2.45) is 0 Å². The molecule has 3 aromatic rings. The zero-order valence-electron chi connectivity index (χ0n) is 15.1. The molecule has 0 radical (unpaired) electrons. The summed E-state index contributed by atoms with van der Waals surface area (Å²) in [5.41, 5.74) is 1.78. The van der Waals surface area contributed by atoms with Crippen LogP contribution in [0.25, 0.3) is 5.65 Å². The van der Waals surface area contributed by atoms with Crippen molar-refractivity contribution >= 4 is 22.9 Å². The van der Waals surface area contributed by atoms with Gasteiger partial charge in [0.25, 0.3) is 0 Å². The van der Waals surface area contributed by atoms with Crippen molar-refractivity contribution in [1.29, 1.82) is 0 Å². The summed E-state index contributed by atoms with van der Waals surface area (Å²) in [6.07, 6.45) is 4.27. The minimum absolute atomic E-state index is 0.176. The lowest BCUT2D eigenvalue weighted by molar-refractivity contribution is -0.131. The number of rotatable bonds is 4. The molecule has 6 nitrogen and oxygen atoms in total. The van der Waals surface area contributed by atoms with E-state index in [9.17, 15) is 4.79 Å². The van der Waals surface area contributed by atoms with Gasteiger partial charge in [0.05, 0.1) is 17.1 Å². The van der Waals surface area contributed by atoms with Crippen molar-refractivity contribution in [2.45, 2.75) is 44.9 Å². The van der Waals surface area contributed by atoms with E-state index in [1.54, 1.807) is 11.3 Å². The largest absolute Gasteiger partial charge is 0.342 e. The van der Waals surface area contributed by atoms with Gasteiger partial charge < -0.3 is 4.90 Å². The van der Waals surface area contributed by atoms with E-state index >= 15 is 0 Å². The minimum atomic E-state index is 0.176. The predicted octanol–water partition coefficient (Wildman–Crippen LogP) is 3.26. The molecule has 0 N–H and O–H groups in total. The Morgan fingerprint density at radius 3 is 2.81 bits per heavy atom. The Hall–Kier alpha value is -2.28. The monoisotopic (exact) mass is 369 g/mol. The number of carbonyl (C=O) groups is 1. The quantitative estimate of drug-likeness (QED) is 0.708. The van der Waals surface area contributed by atoms with E-state index in [0.717, 1.165) is 48.1 Å². The fourth-order valence-corrected chi connectivity index (χ4v) is 4.30. The summed E-state index contributed by atoms with van der Waals surface area (Å²) in [5.74, 6) is 1.95. The molecule has 0 aromatic carbocycles. The third kappa shape index (κ3) is 3.35. The van der Waals surface area contributed by atoms with Crippen molar-refractivity contribution in [2.75, 3.05) is 13.1 Å². The molecule has 1 aliphatic rings. The molecular formula is C19H23N5OS. The van der Waals surface area contributed by atoms with Gasteiger partial charge in [-0.05, 0) is 25.0 Å². The third-order valence-corrected chi connectivity index (χ3v) is 6.14. The number of amides is 1. The van der Waals surface area contributed by atoms with Crippen LogP contribution in [0.15, 0.2) is 29.8 Å². The number of pyridine rings is 1. The summed E-state index contributed by atoms with van der Waals surface area (Å²) >= 11 is 1.65. The highest BCUT2D eigenvalue weighted by Gasteiger charge is 2.27. The molecule has 26 heavy (non-hydrogen) atoms. The highest BCUT2D eigenvalue weighted by Crippen LogP contribution is 2.27. The summed E-state index contributed by atoms with van der Waals surface area (Å²) in [6, 6.07) is 5.93. The van der Waals surface area contributed by atoms with Crippen LogP contribution in [0.3, 0.4) is 0 Å². The number of fused-ring (bicyclic) bond motifs is 1. The van der Waals surface area contributed by atoms with Crippen LogP contribution in [0, 0.1) is 0 Å². The Kier molecular flexibility index (Phi) is 4.72. The molecule has 4 heterocycles. The SMILES string of the molecule is CC(C)c1nc(CC(=O)N2CCC(c3nnc4ccccn34)CC2)cs1. The van der Waals surface area contributed by atoms with Gasteiger partial charge in [-0.1, -0.05) is 19.9 Å². The Balaban J connectivity index is 1.37. The predicted molar refractivity (Wildman–Crippen MR) is 101 cm³/mol. The van der Waals surface area contributed by atoms with Gasteiger partial charge in [0.1, 0.15) is 5.82 Å². The Morgan fingerprint density at radius 2 is 2.08 bits per heavy atom. The molecule has 0 spiro atoms. The molecule has 4 rings (SSSR count). The fourth-order valence-electron chi connectivity index (χ4n) is 3.46. The van der Waals surface area contributed by atoms with Crippen LogP contribution >= 0.6 is 11.3 Å². The number of nitrogens with zero attached hydrogens (tertiary/aromatic N) is 5. The molecule has 0 unspecified atom stereocenters. The lowest BCUT2D eigenvalue weighted by atomic mass is 9.95. The van der Waals surface area contributed by atoms with Crippen LogP contribution in [-0.2, 0) is 11.2 Å². The standard InChI is InChI=1S/C19H23N5OS/c1-13(2)19-20-15(12-26-19)11-17(25)23-9-6-14(7-10-23)18-22-21-16-5-3-4-8-24(16)18/h3-5,8,12-14H,6-7,9-11H2,1-2H3. The first-order valence-corrected chi connectivity index (χ1v) is 10.0. The van der Waals surface area contributed by atoms with Gasteiger partial charge in [-0.2, -0.15) is 0 Å². The van der Waals surface area contributed by atoms with E-state index in [-0.39, 0.29) is 5.91 Å². The van der Waals surface area contributed by atoms with E-state index in [1.165, 1.54) is 0 Å². The Bertz CT molecular complexity index is 907. The minimum Gasteiger partial charge on any atom is -0.342 e. The molecule has 1 aliphatic heterocycles. The number of carbonyl (C=O) groups excluding carboxylic acids is 1. The number of likely N-dealkylation sites (tertiary alicyclic amines) is 1. The number of piperidine rings is 1. The average Bonchev–Trinajstić information content (AvgIpc) is 3.29. The molecule has 136 valence electrons. The van der Waals surface area contributed by atoms with Crippen LogP contribution in [0.2, 0.25) is 0 Å². The average molecular weight is 369 g/mol. The van der Waals surface area contributed by atoms with Crippen molar-refractivity contribution in [3.8, 4) is 0 Å². The van der Waals surface area contributed by atoms with E-state index in [4.69, 9.17) is 0 Å². The summed E-state index contributed by atoms with van der Waals surface area (Å²) in [7, 11) is 0. The van der Waals surface area contributed by atoms with Gasteiger partial charge in [0, 0.05) is 36.5 Å². The van der Waals surface area contributed by atoms with E-state index in [0.29, 0.717) is 18.3 Å². The van der Waals surface area contributed by atoms with Gasteiger partial charge in [0.15, 0.2) is 5.65 Å². The molecule has 0 aliphatic carbocycles. The number of hydrogen-bond donors (Lipinski definition) is 0. The topological polar surface area (TPSA) is 63.4 Å². The molecule has 0 bridgehead atoms. The zero-order chi connectivity index (χ0) is 18.1. The molecule has 0 saturated carbocycles. The molecule has 1 fully saturated rings. The van der Waals surface area contributed by atoms with Crippen LogP contribution in [0.1, 0.15) is 55.1 Å². The Morgan fingerprint density at radius 1 is 1.27 bits per heavy atom. The smallest absolute Gasteiger partial charge is 0.228 e. The first kappa shape index (κ1) is 17.1. The normalized spacial score (nSPS) is 15.9. The number of thiazole rings is 1. The Labute approximate surface area is 156 Å². The summed E-state index contributed by atoms with van der Waals surface area (Å²) in [6.45, 7) is 5.80. The zero-order valence-corrected chi connectivity index (χ0v) is 15.9. The second kappa shape index (κ2) is 7.15. The van der Waals surface area contributed by atoms with E-state index < -0.39 is 0 Å². The summed E-state index contributed by atoms with van der Waals surface area (Å²) < 4.78 is 2.06. The first-order chi connectivity index (χ1) is 12.6. The first-order valence-electron chi connectivity index (χ1n) is 9.13. The van der Waals surface area contributed by atoms with Crippen molar-refractivity contribution in [1.82, 2.24) is 24.5 Å². The van der Waals surface area contributed by atoms with Crippen LogP contribution in [0.4, 0.5) is 0 Å². The van der Waals surface area contributed by atoms with E-state index in [1.807, 2.05) is 34.7 Å². The maximum absolute atomic E-state index is 12.6. The maximum atomic E-state index is 12.6. The molecule has 3 aromatic heterocycles. The maximum Gasteiger partial charge on any atom is 0.228 e. The molecule has 0 atom stereocenters. The number of aromatic nitrogens is 4. The molecule has 1 saturated heterocycles. The van der Waals surface area contributed by atoms with E-state index in [2.05, 4.69) is 33.4 Å². The number of hydrogen-bond acceptors (Lipinski definition) is 5. The van der Waals surface area contributed by atoms with Gasteiger partial charge in [-0.25, -0.2) is 4.98 Å². The lowest BCUT2D eigenvalue weighted by Gasteiger charge is -2.31. The lowest BCUT2D eigenvalue weighted by Crippen LogP contribution is -2.39. The molecular weight excluding hydrogens is 346 g/mol. The highest BCUT2D eigenvalue weighted by molar-refractivity contribution is 7.09. The summed E-state index contributed by atoms with van der Waals surface area (Å²) in [4.78, 5) is 19.2. The van der Waals surface area contributed by atoms with Gasteiger partial charge in [-0.3, -0.25) is 9.20 Å². The second-order valence-corrected chi connectivity index (χ2v) is 8.04.